The average Bonchev–Trinajstić information content (AvgIpc) is 3.40. The number of nitrogens with zero attached hydrogens (tertiary/aromatic N) is 5. The van der Waals surface area contributed by atoms with Gasteiger partial charge in [0.2, 0.25) is 0 Å². The van der Waals surface area contributed by atoms with Crippen LogP contribution in [-0.4, -0.2) is 76.5 Å². The lowest BCUT2D eigenvalue weighted by atomic mass is 10.2. The summed E-state index contributed by atoms with van der Waals surface area (Å²) in [5.41, 5.74) is 2.46. The smallest absolute Gasteiger partial charge is 0.317 e. The fourth-order valence-electron chi connectivity index (χ4n) is 3.78. The zero-order valence-corrected chi connectivity index (χ0v) is 18.2. The van der Waals surface area contributed by atoms with Crippen LogP contribution in [0.3, 0.4) is 0 Å². The number of piperazine rings is 1. The maximum absolute atomic E-state index is 12.4. The number of hydrogen-bond acceptors (Lipinski definition) is 5. The molecule has 0 bridgehead atoms. The molecule has 0 radical (unpaired) electrons. The second-order valence-electron chi connectivity index (χ2n) is 7.99. The highest BCUT2D eigenvalue weighted by Crippen LogP contribution is 2.19. The van der Waals surface area contributed by atoms with Crippen LogP contribution in [0.15, 0.2) is 41.0 Å². The second kappa shape index (κ2) is 8.81. The van der Waals surface area contributed by atoms with Crippen molar-refractivity contribution in [1.82, 2.24) is 29.6 Å². The first-order chi connectivity index (χ1) is 14.9. The van der Waals surface area contributed by atoms with Crippen LogP contribution in [0.2, 0.25) is 0 Å². The van der Waals surface area contributed by atoms with Gasteiger partial charge in [0.25, 0.3) is 5.91 Å². The molecule has 31 heavy (non-hydrogen) atoms. The molecule has 1 saturated heterocycles. The zero-order chi connectivity index (χ0) is 22.0. The number of aromatic nitrogens is 2. The molecule has 3 amide bonds. The molecule has 0 spiro atoms. The standard InChI is InChI=1S/C22H28N6O3/c1-25(2)21(29)16-6-7-19-18(13-16)24-20(26(19)3)15-27-8-10-28(11-9-27)22(30)23-14-17-5-4-12-31-17/h4-7,12-13H,8-11,14-15H2,1-3H3,(H,23,30). The van der Waals surface area contributed by atoms with E-state index in [1.165, 1.54) is 0 Å². The maximum atomic E-state index is 12.4. The van der Waals surface area contributed by atoms with E-state index in [4.69, 9.17) is 9.40 Å². The molecule has 0 atom stereocenters. The van der Waals surface area contributed by atoms with E-state index >= 15 is 0 Å². The fourth-order valence-corrected chi connectivity index (χ4v) is 3.78. The fraction of sp³-hybridized carbons (Fsp3) is 0.409. The third-order valence-corrected chi connectivity index (χ3v) is 5.65. The lowest BCUT2D eigenvalue weighted by Crippen LogP contribution is -2.51. The predicted molar refractivity (Wildman–Crippen MR) is 117 cm³/mol. The Bertz CT molecular complexity index is 1060. The summed E-state index contributed by atoms with van der Waals surface area (Å²) < 4.78 is 7.32. The van der Waals surface area contributed by atoms with Gasteiger partial charge in [-0.05, 0) is 30.3 Å². The van der Waals surface area contributed by atoms with E-state index in [0.717, 1.165) is 35.7 Å². The number of benzene rings is 1. The molecule has 0 aliphatic carbocycles. The Morgan fingerprint density at radius 3 is 2.61 bits per heavy atom. The van der Waals surface area contributed by atoms with Crippen LogP contribution < -0.4 is 5.32 Å². The first kappa shape index (κ1) is 20.9. The van der Waals surface area contributed by atoms with Gasteiger partial charge >= 0.3 is 6.03 Å². The van der Waals surface area contributed by atoms with Gasteiger partial charge in [0, 0.05) is 52.9 Å². The molecular weight excluding hydrogens is 396 g/mol. The van der Waals surface area contributed by atoms with Gasteiger partial charge in [-0.25, -0.2) is 9.78 Å². The van der Waals surface area contributed by atoms with Gasteiger partial charge in [-0.15, -0.1) is 0 Å². The molecule has 3 heterocycles. The first-order valence-electron chi connectivity index (χ1n) is 10.4. The molecule has 3 aromatic rings. The van der Waals surface area contributed by atoms with Crippen LogP contribution in [0, 0.1) is 0 Å². The molecular formula is C22H28N6O3. The van der Waals surface area contributed by atoms with Gasteiger partial charge in [0.1, 0.15) is 11.6 Å². The number of aryl methyl sites for hydroxylation is 1. The number of nitrogens with one attached hydrogen (secondary N) is 1. The summed E-state index contributed by atoms with van der Waals surface area (Å²) in [6, 6.07) is 9.22. The van der Waals surface area contributed by atoms with Crippen LogP contribution in [-0.2, 0) is 20.1 Å². The predicted octanol–water partition coefficient (Wildman–Crippen LogP) is 1.90. The third kappa shape index (κ3) is 4.56. The molecule has 0 unspecified atom stereocenters. The van der Waals surface area contributed by atoms with Crippen molar-refractivity contribution in [2.75, 3.05) is 40.3 Å². The number of urea groups is 1. The van der Waals surface area contributed by atoms with E-state index in [9.17, 15) is 9.59 Å². The van der Waals surface area contributed by atoms with Crippen molar-refractivity contribution in [2.45, 2.75) is 13.1 Å². The molecule has 1 N–H and O–H groups in total. The van der Waals surface area contributed by atoms with Crippen LogP contribution in [0.5, 0.6) is 0 Å². The lowest BCUT2D eigenvalue weighted by molar-refractivity contribution is 0.0827. The van der Waals surface area contributed by atoms with Crippen molar-refractivity contribution in [3.05, 3.63) is 53.7 Å². The van der Waals surface area contributed by atoms with Gasteiger partial charge < -0.3 is 24.1 Å². The molecule has 2 aromatic heterocycles. The third-order valence-electron chi connectivity index (χ3n) is 5.65. The summed E-state index contributed by atoms with van der Waals surface area (Å²) >= 11 is 0. The van der Waals surface area contributed by atoms with E-state index < -0.39 is 0 Å². The Balaban J connectivity index is 1.35. The summed E-state index contributed by atoms with van der Waals surface area (Å²) in [4.78, 5) is 35.1. The van der Waals surface area contributed by atoms with Crippen molar-refractivity contribution in [2.24, 2.45) is 7.05 Å². The van der Waals surface area contributed by atoms with Gasteiger partial charge in [-0.2, -0.15) is 0 Å². The van der Waals surface area contributed by atoms with E-state index in [2.05, 4.69) is 14.8 Å². The lowest BCUT2D eigenvalue weighted by Gasteiger charge is -2.34. The Kier molecular flexibility index (Phi) is 5.94. The van der Waals surface area contributed by atoms with Crippen molar-refractivity contribution in [3.63, 3.8) is 0 Å². The maximum Gasteiger partial charge on any atom is 0.317 e. The second-order valence-corrected chi connectivity index (χ2v) is 7.99. The number of carbonyl (C=O) groups is 2. The normalized spacial score (nSPS) is 14.7. The van der Waals surface area contributed by atoms with Crippen LogP contribution in [0.4, 0.5) is 4.79 Å². The SMILES string of the molecule is CN(C)C(=O)c1ccc2c(c1)nc(CN1CCN(C(=O)NCc3ccco3)CC1)n2C. The number of fused-ring (bicyclic) bond motifs is 1. The Morgan fingerprint density at radius 1 is 1.16 bits per heavy atom. The van der Waals surface area contributed by atoms with Gasteiger partial charge in [0.05, 0.1) is 30.4 Å². The number of imidazole rings is 1. The highest BCUT2D eigenvalue weighted by atomic mass is 16.3. The molecule has 0 saturated carbocycles. The number of hydrogen-bond donors (Lipinski definition) is 1. The molecule has 9 heteroatoms. The minimum atomic E-state index is -0.0723. The quantitative estimate of drug-likeness (QED) is 0.676. The molecule has 1 aliphatic heterocycles. The summed E-state index contributed by atoms with van der Waals surface area (Å²) in [6.45, 7) is 3.97. The van der Waals surface area contributed by atoms with E-state index in [-0.39, 0.29) is 11.9 Å². The van der Waals surface area contributed by atoms with Crippen LogP contribution >= 0.6 is 0 Å². The van der Waals surface area contributed by atoms with Gasteiger partial charge in [0.15, 0.2) is 0 Å². The number of furan rings is 1. The molecule has 1 aromatic carbocycles. The minimum Gasteiger partial charge on any atom is -0.467 e. The van der Waals surface area contributed by atoms with Gasteiger partial charge in [-0.1, -0.05) is 0 Å². The molecule has 4 rings (SSSR count). The zero-order valence-electron chi connectivity index (χ0n) is 18.2. The molecule has 1 aliphatic rings. The van der Waals surface area contributed by atoms with Gasteiger partial charge in [-0.3, -0.25) is 9.69 Å². The largest absolute Gasteiger partial charge is 0.467 e. The topological polar surface area (TPSA) is 86.8 Å². The molecule has 1 fully saturated rings. The average molecular weight is 425 g/mol. The van der Waals surface area contributed by atoms with Crippen molar-refractivity contribution in [3.8, 4) is 0 Å². The highest BCUT2D eigenvalue weighted by molar-refractivity contribution is 5.97. The Morgan fingerprint density at radius 2 is 1.94 bits per heavy atom. The van der Waals surface area contributed by atoms with Crippen molar-refractivity contribution in [1.29, 1.82) is 0 Å². The summed E-state index contributed by atoms with van der Waals surface area (Å²) in [5.74, 6) is 1.65. The Hall–Kier alpha value is -3.33. The minimum absolute atomic E-state index is 0.0319. The van der Waals surface area contributed by atoms with E-state index in [0.29, 0.717) is 31.7 Å². The Labute approximate surface area is 181 Å². The number of amides is 3. The van der Waals surface area contributed by atoms with Crippen LogP contribution in [0.1, 0.15) is 21.9 Å². The highest BCUT2D eigenvalue weighted by Gasteiger charge is 2.22. The summed E-state index contributed by atoms with van der Waals surface area (Å²) in [5, 5.41) is 2.90. The summed E-state index contributed by atoms with van der Waals surface area (Å²) in [6.07, 6.45) is 1.60. The van der Waals surface area contributed by atoms with Crippen molar-refractivity contribution >= 4 is 23.0 Å². The van der Waals surface area contributed by atoms with Crippen molar-refractivity contribution < 1.29 is 14.0 Å². The molecule has 164 valence electrons. The van der Waals surface area contributed by atoms with Crippen LogP contribution in [0.25, 0.3) is 11.0 Å². The first-order valence-corrected chi connectivity index (χ1v) is 10.4. The monoisotopic (exact) mass is 424 g/mol. The molecule has 9 nitrogen and oxygen atoms in total. The summed E-state index contributed by atoms with van der Waals surface area (Å²) in [7, 11) is 5.48. The van der Waals surface area contributed by atoms with E-state index in [1.54, 1.807) is 25.3 Å². The number of carbonyl (C=O) groups excluding carboxylic acids is 2. The van der Waals surface area contributed by atoms with E-state index in [1.807, 2.05) is 42.3 Å². The number of rotatable bonds is 5.